The standard InChI is InChI=1S/C21H29NO3/c1-4-23-13-14-24-20-9-5-18(6-10-20)15-22-16-19-7-11-21(12-8-19)25-17(2)3/h5-12,17,22H,4,13-16H2,1-3H3. The van der Waals surface area contributed by atoms with Gasteiger partial charge >= 0.3 is 0 Å². The highest BCUT2D eigenvalue weighted by Gasteiger charge is 1.99. The predicted molar refractivity (Wildman–Crippen MR) is 101 cm³/mol. The third-order valence-corrected chi connectivity index (χ3v) is 3.58. The SMILES string of the molecule is CCOCCOc1ccc(CNCc2ccc(OC(C)C)cc2)cc1. The van der Waals surface area contributed by atoms with Crippen LogP contribution in [0.4, 0.5) is 0 Å². The summed E-state index contributed by atoms with van der Waals surface area (Å²) in [5.74, 6) is 1.79. The Labute approximate surface area is 151 Å². The first-order valence-corrected chi connectivity index (χ1v) is 8.93. The minimum absolute atomic E-state index is 0.204. The van der Waals surface area contributed by atoms with Crippen LogP contribution in [0.1, 0.15) is 31.9 Å². The summed E-state index contributed by atoms with van der Waals surface area (Å²) in [5, 5.41) is 3.46. The fourth-order valence-corrected chi connectivity index (χ4v) is 2.38. The van der Waals surface area contributed by atoms with Crippen molar-refractivity contribution in [2.45, 2.75) is 40.0 Å². The second-order valence-electron chi connectivity index (χ2n) is 6.10. The van der Waals surface area contributed by atoms with E-state index in [1.54, 1.807) is 0 Å². The number of ether oxygens (including phenoxy) is 3. The first kappa shape index (κ1) is 19.3. The third-order valence-electron chi connectivity index (χ3n) is 3.58. The van der Waals surface area contributed by atoms with E-state index in [-0.39, 0.29) is 6.10 Å². The predicted octanol–water partition coefficient (Wildman–Crippen LogP) is 4.18. The maximum atomic E-state index is 5.66. The minimum Gasteiger partial charge on any atom is -0.491 e. The molecular weight excluding hydrogens is 314 g/mol. The van der Waals surface area contributed by atoms with Crippen molar-refractivity contribution in [2.24, 2.45) is 0 Å². The number of rotatable bonds is 11. The van der Waals surface area contributed by atoms with Crippen LogP contribution in [0.25, 0.3) is 0 Å². The van der Waals surface area contributed by atoms with Gasteiger partial charge in [-0.05, 0) is 56.2 Å². The van der Waals surface area contributed by atoms with Crippen molar-refractivity contribution in [3.8, 4) is 11.5 Å². The molecule has 0 bridgehead atoms. The summed E-state index contributed by atoms with van der Waals surface area (Å²) in [6, 6.07) is 16.4. The summed E-state index contributed by atoms with van der Waals surface area (Å²) < 4.78 is 16.5. The Morgan fingerprint density at radius 3 is 1.88 bits per heavy atom. The molecule has 2 aromatic rings. The van der Waals surface area contributed by atoms with Crippen LogP contribution in [0.2, 0.25) is 0 Å². The molecule has 4 heteroatoms. The first-order valence-electron chi connectivity index (χ1n) is 8.93. The van der Waals surface area contributed by atoms with Crippen LogP contribution in [0.5, 0.6) is 11.5 Å². The van der Waals surface area contributed by atoms with Crippen LogP contribution in [0.15, 0.2) is 48.5 Å². The number of hydrogen-bond acceptors (Lipinski definition) is 4. The molecule has 25 heavy (non-hydrogen) atoms. The molecule has 0 amide bonds. The smallest absolute Gasteiger partial charge is 0.119 e. The maximum Gasteiger partial charge on any atom is 0.119 e. The Bertz CT molecular complexity index is 594. The number of nitrogens with one attached hydrogen (secondary N) is 1. The van der Waals surface area contributed by atoms with Crippen LogP contribution in [0, 0.1) is 0 Å². The molecule has 0 fully saturated rings. The molecule has 0 atom stereocenters. The highest BCUT2D eigenvalue weighted by atomic mass is 16.5. The molecule has 0 spiro atoms. The van der Waals surface area contributed by atoms with E-state index in [0.717, 1.165) is 31.2 Å². The van der Waals surface area contributed by atoms with E-state index in [1.807, 2.05) is 45.0 Å². The summed E-state index contributed by atoms with van der Waals surface area (Å²) >= 11 is 0. The molecule has 136 valence electrons. The average Bonchev–Trinajstić information content (AvgIpc) is 2.61. The molecule has 1 N–H and O–H groups in total. The molecule has 0 saturated carbocycles. The van der Waals surface area contributed by atoms with Gasteiger partial charge in [-0.25, -0.2) is 0 Å². The molecule has 0 heterocycles. The largest absolute Gasteiger partial charge is 0.491 e. The first-order chi connectivity index (χ1) is 12.2. The van der Waals surface area contributed by atoms with Gasteiger partial charge in [0, 0.05) is 19.7 Å². The van der Waals surface area contributed by atoms with Crippen LogP contribution < -0.4 is 14.8 Å². The van der Waals surface area contributed by atoms with Crippen molar-refractivity contribution in [1.82, 2.24) is 5.32 Å². The van der Waals surface area contributed by atoms with Crippen molar-refractivity contribution in [3.05, 3.63) is 59.7 Å². The summed E-state index contributed by atoms with van der Waals surface area (Å²) in [6.07, 6.45) is 0.204. The van der Waals surface area contributed by atoms with Crippen LogP contribution in [0.3, 0.4) is 0 Å². The zero-order chi connectivity index (χ0) is 17.9. The third kappa shape index (κ3) is 7.59. The van der Waals surface area contributed by atoms with Crippen molar-refractivity contribution in [1.29, 1.82) is 0 Å². The summed E-state index contributed by atoms with van der Waals surface area (Å²) in [4.78, 5) is 0. The Morgan fingerprint density at radius 1 is 0.800 bits per heavy atom. The normalized spacial score (nSPS) is 10.9. The van der Waals surface area contributed by atoms with Crippen molar-refractivity contribution in [3.63, 3.8) is 0 Å². The molecule has 0 aromatic heterocycles. The second kappa shape index (κ2) is 10.7. The lowest BCUT2D eigenvalue weighted by atomic mass is 10.2. The molecule has 4 nitrogen and oxygen atoms in total. The summed E-state index contributed by atoms with van der Waals surface area (Å²) in [6.45, 7) is 9.63. The maximum absolute atomic E-state index is 5.66. The average molecular weight is 343 g/mol. The van der Waals surface area contributed by atoms with Crippen LogP contribution >= 0.6 is 0 Å². The molecule has 2 rings (SSSR count). The zero-order valence-electron chi connectivity index (χ0n) is 15.5. The van der Waals surface area contributed by atoms with E-state index >= 15 is 0 Å². The molecule has 2 aromatic carbocycles. The molecule has 0 aliphatic heterocycles. The molecule has 0 saturated heterocycles. The molecule has 0 unspecified atom stereocenters. The van der Waals surface area contributed by atoms with Gasteiger partial charge in [0.05, 0.1) is 12.7 Å². The molecular formula is C21H29NO3. The van der Waals surface area contributed by atoms with Gasteiger partial charge in [0.1, 0.15) is 18.1 Å². The van der Waals surface area contributed by atoms with Crippen molar-refractivity contribution < 1.29 is 14.2 Å². The number of benzene rings is 2. The van der Waals surface area contributed by atoms with E-state index in [9.17, 15) is 0 Å². The van der Waals surface area contributed by atoms with Gasteiger partial charge in [0.25, 0.3) is 0 Å². The Balaban J connectivity index is 1.70. The Kier molecular flexibility index (Phi) is 8.29. The van der Waals surface area contributed by atoms with Gasteiger partial charge in [0.15, 0.2) is 0 Å². The van der Waals surface area contributed by atoms with Gasteiger partial charge < -0.3 is 19.5 Å². The van der Waals surface area contributed by atoms with Crippen molar-refractivity contribution >= 4 is 0 Å². The van der Waals surface area contributed by atoms with E-state index in [4.69, 9.17) is 14.2 Å². The van der Waals surface area contributed by atoms with E-state index in [1.165, 1.54) is 11.1 Å². The highest BCUT2D eigenvalue weighted by molar-refractivity contribution is 5.28. The van der Waals surface area contributed by atoms with Gasteiger partial charge in [-0.2, -0.15) is 0 Å². The Hall–Kier alpha value is -2.04. The summed E-state index contributed by atoms with van der Waals surface area (Å²) in [7, 11) is 0. The molecule has 0 radical (unpaired) electrons. The van der Waals surface area contributed by atoms with E-state index in [2.05, 4.69) is 29.6 Å². The fraction of sp³-hybridized carbons (Fsp3) is 0.429. The highest BCUT2D eigenvalue weighted by Crippen LogP contribution is 2.14. The van der Waals surface area contributed by atoms with Gasteiger partial charge in [0.2, 0.25) is 0 Å². The topological polar surface area (TPSA) is 39.7 Å². The second-order valence-corrected chi connectivity index (χ2v) is 6.10. The lowest BCUT2D eigenvalue weighted by Gasteiger charge is -2.11. The van der Waals surface area contributed by atoms with Crippen LogP contribution in [-0.4, -0.2) is 25.9 Å². The van der Waals surface area contributed by atoms with E-state index < -0.39 is 0 Å². The molecule has 0 aliphatic rings. The van der Waals surface area contributed by atoms with Gasteiger partial charge in [-0.15, -0.1) is 0 Å². The number of hydrogen-bond donors (Lipinski definition) is 1. The quantitative estimate of drug-likeness (QED) is 0.621. The zero-order valence-corrected chi connectivity index (χ0v) is 15.5. The summed E-state index contributed by atoms with van der Waals surface area (Å²) in [5.41, 5.74) is 2.48. The van der Waals surface area contributed by atoms with Gasteiger partial charge in [-0.1, -0.05) is 24.3 Å². The minimum atomic E-state index is 0.204. The van der Waals surface area contributed by atoms with Crippen molar-refractivity contribution in [2.75, 3.05) is 19.8 Å². The van der Waals surface area contributed by atoms with E-state index in [0.29, 0.717) is 13.2 Å². The monoisotopic (exact) mass is 343 g/mol. The van der Waals surface area contributed by atoms with Gasteiger partial charge in [-0.3, -0.25) is 0 Å². The fourth-order valence-electron chi connectivity index (χ4n) is 2.38. The molecule has 0 aliphatic carbocycles. The van der Waals surface area contributed by atoms with Crippen LogP contribution in [-0.2, 0) is 17.8 Å². The lowest BCUT2D eigenvalue weighted by molar-refractivity contribution is 0.110. The Morgan fingerprint density at radius 2 is 1.36 bits per heavy atom. The lowest BCUT2D eigenvalue weighted by Crippen LogP contribution is -2.12.